The highest BCUT2D eigenvalue weighted by Gasteiger charge is 2.28. The lowest BCUT2D eigenvalue weighted by Crippen LogP contribution is -2.36. The maximum atomic E-state index is 5.48. The van der Waals surface area contributed by atoms with Crippen LogP contribution in [0.3, 0.4) is 0 Å². The summed E-state index contributed by atoms with van der Waals surface area (Å²) in [5.74, 6) is 0.993. The molecule has 0 aliphatic carbocycles. The number of likely N-dealkylation sites (N-methyl/N-ethyl adjacent to an activating group) is 2. The highest BCUT2D eigenvalue weighted by atomic mass is 16.5. The first-order valence-corrected chi connectivity index (χ1v) is 7.24. The molecule has 0 radical (unpaired) electrons. The summed E-state index contributed by atoms with van der Waals surface area (Å²) < 4.78 is 5.48. The van der Waals surface area contributed by atoms with E-state index in [1.54, 1.807) is 7.11 Å². The van der Waals surface area contributed by atoms with Gasteiger partial charge in [0.05, 0.1) is 7.11 Å². The van der Waals surface area contributed by atoms with E-state index in [0.29, 0.717) is 12.1 Å². The van der Waals surface area contributed by atoms with E-state index < -0.39 is 0 Å². The van der Waals surface area contributed by atoms with Crippen LogP contribution < -0.4 is 4.74 Å². The molecular formula is C16H26N2O. The molecule has 1 fully saturated rings. The number of likely N-dealkylation sites (tertiary alicyclic amines) is 1. The Morgan fingerprint density at radius 2 is 2.16 bits per heavy atom. The lowest BCUT2D eigenvalue weighted by Gasteiger charge is -2.31. The average Bonchev–Trinajstić information content (AvgIpc) is 2.94. The Morgan fingerprint density at radius 1 is 1.42 bits per heavy atom. The number of hydrogen-bond acceptors (Lipinski definition) is 3. The second kappa shape index (κ2) is 6.40. The summed E-state index contributed by atoms with van der Waals surface area (Å²) in [4.78, 5) is 5.02. The molecule has 1 heterocycles. The van der Waals surface area contributed by atoms with Crippen LogP contribution in [0.1, 0.15) is 31.9 Å². The highest BCUT2D eigenvalue weighted by molar-refractivity contribution is 5.35. The zero-order valence-corrected chi connectivity index (χ0v) is 12.6. The Labute approximate surface area is 117 Å². The molecular weight excluding hydrogens is 236 g/mol. The number of para-hydroxylation sites is 1. The van der Waals surface area contributed by atoms with Gasteiger partial charge in [-0.1, -0.05) is 25.1 Å². The van der Waals surface area contributed by atoms with Crippen LogP contribution >= 0.6 is 0 Å². The van der Waals surface area contributed by atoms with Crippen LogP contribution in [-0.4, -0.2) is 49.6 Å². The third kappa shape index (κ3) is 3.10. The third-order valence-electron chi connectivity index (χ3n) is 4.47. The van der Waals surface area contributed by atoms with Crippen molar-refractivity contribution in [2.24, 2.45) is 0 Å². The molecule has 2 atom stereocenters. The largest absolute Gasteiger partial charge is 0.496 e. The van der Waals surface area contributed by atoms with Crippen LogP contribution in [0.2, 0.25) is 0 Å². The van der Waals surface area contributed by atoms with Crippen LogP contribution in [0.15, 0.2) is 24.3 Å². The fraction of sp³-hybridized carbons (Fsp3) is 0.625. The maximum Gasteiger partial charge on any atom is 0.123 e. The number of nitrogens with zero attached hydrogens (tertiary/aromatic N) is 2. The first kappa shape index (κ1) is 14.4. The molecule has 2 rings (SSSR count). The molecule has 1 aliphatic rings. The molecule has 1 saturated heterocycles. The van der Waals surface area contributed by atoms with Crippen molar-refractivity contribution in [2.45, 2.75) is 32.4 Å². The molecule has 0 amide bonds. The number of ether oxygens (including phenoxy) is 1. The van der Waals surface area contributed by atoms with E-state index in [9.17, 15) is 0 Å². The van der Waals surface area contributed by atoms with Crippen molar-refractivity contribution in [1.82, 2.24) is 9.80 Å². The SMILES string of the molecule is CCN1CC[C@@H](N(C)C(C)c2ccccc2OC)C1. The molecule has 1 aromatic carbocycles. The van der Waals surface area contributed by atoms with Gasteiger partial charge in [0.25, 0.3) is 0 Å². The third-order valence-corrected chi connectivity index (χ3v) is 4.47. The molecule has 0 bridgehead atoms. The summed E-state index contributed by atoms with van der Waals surface area (Å²) in [6.45, 7) is 8.09. The van der Waals surface area contributed by atoms with E-state index in [-0.39, 0.29) is 0 Å². The molecule has 1 aromatic rings. The first-order chi connectivity index (χ1) is 9.17. The normalized spacial score (nSPS) is 21.8. The summed E-state index contributed by atoms with van der Waals surface area (Å²) >= 11 is 0. The van der Waals surface area contributed by atoms with Crippen molar-refractivity contribution < 1.29 is 4.74 Å². The van der Waals surface area contributed by atoms with Gasteiger partial charge in [-0.25, -0.2) is 0 Å². The first-order valence-electron chi connectivity index (χ1n) is 7.24. The van der Waals surface area contributed by atoms with E-state index in [0.717, 1.165) is 12.3 Å². The van der Waals surface area contributed by atoms with Crippen molar-refractivity contribution in [2.75, 3.05) is 33.8 Å². The number of rotatable bonds is 5. The second-order valence-corrected chi connectivity index (χ2v) is 5.42. The van der Waals surface area contributed by atoms with Crippen molar-refractivity contribution in [3.63, 3.8) is 0 Å². The quantitative estimate of drug-likeness (QED) is 0.811. The van der Waals surface area contributed by atoms with Gasteiger partial charge in [-0.2, -0.15) is 0 Å². The van der Waals surface area contributed by atoms with Crippen LogP contribution in [0.5, 0.6) is 5.75 Å². The number of methoxy groups -OCH3 is 1. The monoisotopic (exact) mass is 262 g/mol. The molecule has 3 heteroatoms. The summed E-state index contributed by atoms with van der Waals surface area (Å²) in [7, 11) is 3.99. The molecule has 0 aromatic heterocycles. The van der Waals surface area contributed by atoms with Crippen LogP contribution in [-0.2, 0) is 0 Å². The molecule has 3 nitrogen and oxygen atoms in total. The van der Waals surface area contributed by atoms with E-state index >= 15 is 0 Å². The van der Waals surface area contributed by atoms with Gasteiger partial charge in [-0.3, -0.25) is 4.90 Å². The van der Waals surface area contributed by atoms with Gasteiger partial charge in [0.15, 0.2) is 0 Å². The van der Waals surface area contributed by atoms with Gasteiger partial charge in [0.1, 0.15) is 5.75 Å². The Kier molecular flexibility index (Phi) is 4.83. The molecule has 1 unspecified atom stereocenters. The predicted molar refractivity (Wildman–Crippen MR) is 79.7 cm³/mol. The van der Waals surface area contributed by atoms with Crippen molar-refractivity contribution in [3.05, 3.63) is 29.8 Å². The van der Waals surface area contributed by atoms with Crippen LogP contribution in [0, 0.1) is 0 Å². The standard InChI is InChI=1S/C16H26N2O/c1-5-18-11-10-14(12-18)17(3)13(2)15-8-6-7-9-16(15)19-4/h6-9,13-14H,5,10-12H2,1-4H3/t13?,14-/m1/s1. The van der Waals surface area contributed by atoms with Gasteiger partial charge in [0, 0.05) is 24.2 Å². The Morgan fingerprint density at radius 3 is 2.79 bits per heavy atom. The molecule has 0 spiro atoms. The van der Waals surface area contributed by atoms with Gasteiger partial charge >= 0.3 is 0 Å². The fourth-order valence-corrected chi connectivity index (χ4v) is 2.98. The van der Waals surface area contributed by atoms with E-state index in [4.69, 9.17) is 4.74 Å². The Balaban J connectivity index is 2.08. The molecule has 1 aliphatic heterocycles. The minimum Gasteiger partial charge on any atom is -0.496 e. The number of hydrogen-bond donors (Lipinski definition) is 0. The van der Waals surface area contributed by atoms with Gasteiger partial charge in [-0.05, 0) is 39.5 Å². The summed E-state index contributed by atoms with van der Waals surface area (Å²) in [6.07, 6.45) is 1.27. The molecule has 0 N–H and O–H groups in total. The fourth-order valence-electron chi connectivity index (χ4n) is 2.98. The van der Waals surface area contributed by atoms with Crippen LogP contribution in [0.4, 0.5) is 0 Å². The van der Waals surface area contributed by atoms with Gasteiger partial charge in [0.2, 0.25) is 0 Å². The second-order valence-electron chi connectivity index (χ2n) is 5.42. The maximum absolute atomic E-state index is 5.48. The lowest BCUT2D eigenvalue weighted by molar-refractivity contribution is 0.181. The van der Waals surface area contributed by atoms with E-state index in [2.05, 4.69) is 42.8 Å². The summed E-state index contributed by atoms with van der Waals surface area (Å²) in [5, 5.41) is 0. The van der Waals surface area contributed by atoms with Crippen molar-refractivity contribution in [3.8, 4) is 5.75 Å². The van der Waals surface area contributed by atoms with Crippen molar-refractivity contribution in [1.29, 1.82) is 0 Å². The van der Waals surface area contributed by atoms with Crippen LogP contribution in [0.25, 0.3) is 0 Å². The number of benzene rings is 1. The smallest absolute Gasteiger partial charge is 0.123 e. The topological polar surface area (TPSA) is 15.7 Å². The van der Waals surface area contributed by atoms with Gasteiger partial charge in [-0.15, -0.1) is 0 Å². The Hall–Kier alpha value is -1.06. The van der Waals surface area contributed by atoms with E-state index in [1.165, 1.54) is 25.1 Å². The Bertz CT molecular complexity index is 407. The average molecular weight is 262 g/mol. The van der Waals surface area contributed by atoms with Gasteiger partial charge < -0.3 is 9.64 Å². The summed E-state index contributed by atoms with van der Waals surface area (Å²) in [6, 6.07) is 9.38. The highest BCUT2D eigenvalue weighted by Crippen LogP contribution is 2.30. The minimum atomic E-state index is 0.387. The predicted octanol–water partition coefficient (Wildman–Crippen LogP) is 2.78. The minimum absolute atomic E-state index is 0.387. The van der Waals surface area contributed by atoms with E-state index in [1.807, 2.05) is 12.1 Å². The lowest BCUT2D eigenvalue weighted by atomic mass is 10.0. The molecule has 106 valence electrons. The molecule has 19 heavy (non-hydrogen) atoms. The molecule has 0 saturated carbocycles. The zero-order valence-electron chi connectivity index (χ0n) is 12.6. The van der Waals surface area contributed by atoms with Crippen molar-refractivity contribution >= 4 is 0 Å². The zero-order chi connectivity index (χ0) is 13.8. The summed E-state index contributed by atoms with van der Waals surface area (Å²) in [5.41, 5.74) is 1.28.